The largest absolute Gasteiger partial charge is 0.340 e. The number of aryl methyl sites for hydroxylation is 1. The van der Waals surface area contributed by atoms with Crippen LogP contribution in [0.1, 0.15) is 24.8 Å². The Bertz CT molecular complexity index is 598. The van der Waals surface area contributed by atoms with E-state index >= 15 is 0 Å². The maximum Gasteiger partial charge on any atom is 0.232 e. The molecule has 1 aromatic carbocycles. The third-order valence-corrected chi connectivity index (χ3v) is 7.09. The van der Waals surface area contributed by atoms with Crippen molar-refractivity contribution in [2.45, 2.75) is 36.6 Å². The van der Waals surface area contributed by atoms with Crippen molar-refractivity contribution < 1.29 is 4.79 Å². The van der Waals surface area contributed by atoms with Crippen LogP contribution in [0.4, 0.5) is 0 Å². The molecule has 0 N–H and O–H groups in total. The third kappa shape index (κ3) is 4.39. The fraction of sp³-hybridized carbons (Fsp3) is 0.650. The number of carbonyl (C=O) groups is 1. The molecule has 0 aromatic heterocycles. The average Bonchev–Trinajstić information content (AvgIpc) is 2.77. The molecule has 2 heterocycles. The van der Waals surface area contributed by atoms with Gasteiger partial charge in [0.2, 0.25) is 5.91 Å². The van der Waals surface area contributed by atoms with E-state index in [9.17, 15) is 4.79 Å². The Morgan fingerprint density at radius 2 is 1.84 bits per heavy atom. The number of thioether (sulfide) groups is 1. The van der Waals surface area contributed by atoms with Crippen LogP contribution in [0.25, 0.3) is 0 Å². The van der Waals surface area contributed by atoms with Crippen LogP contribution < -0.4 is 0 Å². The van der Waals surface area contributed by atoms with Crippen molar-refractivity contribution in [3.8, 4) is 0 Å². The second-order valence-corrected chi connectivity index (χ2v) is 8.69. The molecule has 0 radical (unpaired) electrons. The maximum absolute atomic E-state index is 12.9. The zero-order valence-electron chi connectivity index (χ0n) is 15.8. The first-order valence-corrected chi connectivity index (χ1v) is 10.3. The number of hydrogen-bond donors (Lipinski definition) is 0. The van der Waals surface area contributed by atoms with E-state index in [2.05, 4.69) is 53.9 Å². The normalized spacial score (nSPS) is 22.1. The molecular weight excluding hydrogens is 330 g/mol. The molecule has 2 aliphatic rings. The molecule has 25 heavy (non-hydrogen) atoms. The van der Waals surface area contributed by atoms with Crippen LogP contribution in [0.15, 0.2) is 29.2 Å². The SMILES string of the molecule is Cc1ccccc1SCC(=O)N1CCCN(C)C2(CCN(C)CC2)C1. The first-order valence-electron chi connectivity index (χ1n) is 9.36. The first kappa shape index (κ1) is 18.7. The highest BCUT2D eigenvalue weighted by molar-refractivity contribution is 8.00. The van der Waals surface area contributed by atoms with Crippen molar-refractivity contribution in [3.63, 3.8) is 0 Å². The topological polar surface area (TPSA) is 26.8 Å². The van der Waals surface area contributed by atoms with Gasteiger partial charge in [0, 0.05) is 30.1 Å². The van der Waals surface area contributed by atoms with Gasteiger partial charge in [-0.25, -0.2) is 0 Å². The lowest BCUT2D eigenvalue weighted by Crippen LogP contribution is -2.58. The number of benzene rings is 1. The second kappa shape index (κ2) is 8.11. The van der Waals surface area contributed by atoms with E-state index in [0.29, 0.717) is 11.7 Å². The van der Waals surface area contributed by atoms with Crippen molar-refractivity contribution in [3.05, 3.63) is 29.8 Å². The highest BCUT2D eigenvalue weighted by Crippen LogP contribution is 2.31. The molecule has 4 nitrogen and oxygen atoms in total. The van der Waals surface area contributed by atoms with Crippen molar-refractivity contribution in [2.75, 3.05) is 52.6 Å². The Hall–Kier alpha value is -1.04. The summed E-state index contributed by atoms with van der Waals surface area (Å²) in [6, 6.07) is 8.33. The number of carbonyl (C=O) groups excluding carboxylic acids is 1. The quantitative estimate of drug-likeness (QED) is 0.774. The number of likely N-dealkylation sites (tertiary alicyclic amines) is 1. The average molecular weight is 362 g/mol. The summed E-state index contributed by atoms with van der Waals surface area (Å²) in [4.78, 5) is 21.2. The van der Waals surface area contributed by atoms with Gasteiger partial charge < -0.3 is 9.80 Å². The Morgan fingerprint density at radius 1 is 1.12 bits per heavy atom. The molecule has 0 saturated carbocycles. The molecular formula is C20H31N3OS. The van der Waals surface area contributed by atoms with Gasteiger partial charge in [-0.1, -0.05) is 18.2 Å². The van der Waals surface area contributed by atoms with Gasteiger partial charge in [0.15, 0.2) is 0 Å². The minimum Gasteiger partial charge on any atom is -0.340 e. The van der Waals surface area contributed by atoms with E-state index in [0.717, 1.165) is 52.0 Å². The summed E-state index contributed by atoms with van der Waals surface area (Å²) >= 11 is 1.68. The van der Waals surface area contributed by atoms with Gasteiger partial charge in [-0.05, 0) is 65.0 Å². The summed E-state index contributed by atoms with van der Waals surface area (Å²) in [7, 11) is 4.45. The molecule has 1 amide bonds. The molecule has 0 aliphatic carbocycles. The number of piperidine rings is 1. The zero-order valence-corrected chi connectivity index (χ0v) is 16.6. The number of likely N-dealkylation sites (N-methyl/N-ethyl adjacent to an activating group) is 1. The van der Waals surface area contributed by atoms with Gasteiger partial charge >= 0.3 is 0 Å². The van der Waals surface area contributed by atoms with Gasteiger partial charge in [-0.2, -0.15) is 0 Å². The third-order valence-electron chi connectivity index (χ3n) is 5.93. The predicted molar refractivity (Wildman–Crippen MR) is 105 cm³/mol. The molecule has 2 aliphatic heterocycles. The Labute approximate surface area is 156 Å². The number of amides is 1. The van der Waals surface area contributed by atoms with Crippen molar-refractivity contribution >= 4 is 17.7 Å². The van der Waals surface area contributed by atoms with Crippen molar-refractivity contribution in [1.82, 2.24) is 14.7 Å². The lowest BCUT2D eigenvalue weighted by atomic mass is 9.85. The van der Waals surface area contributed by atoms with E-state index in [1.165, 1.54) is 10.5 Å². The van der Waals surface area contributed by atoms with Gasteiger partial charge in [0.1, 0.15) is 0 Å². The molecule has 2 saturated heterocycles. The van der Waals surface area contributed by atoms with Gasteiger partial charge in [0.25, 0.3) is 0 Å². The summed E-state index contributed by atoms with van der Waals surface area (Å²) in [5.74, 6) is 0.840. The molecule has 5 heteroatoms. The van der Waals surface area contributed by atoms with Crippen LogP contribution in [-0.2, 0) is 4.79 Å². The highest BCUT2D eigenvalue weighted by atomic mass is 32.2. The summed E-state index contributed by atoms with van der Waals surface area (Å²) < 4.78 is 0. The van der Waals surface area contributed by atoms with Gasteiger partial charge in [0.05, 0.1) is 5.75 Å². The zero-order chi connectivity index (χ0) is 17.9. The molecule has 138 valence electrons. The molecule has 2 fully saturated rings. The van der Waals surface area contributed by atoms with Crippen LogP contribution in [0, 0.1) is 6.92 Å². The fourth-order valence-corrected chi connectivity index (χ4v) is 4.96. The Morgan fingerprint density at radius 3 is 2.56 bits per heavy atom. The number of hydrogen-bond acceptors (Lipinski definition) is 4. The number of rotatable bonds is 3. The minimum atomic E-state index is 0.173. The molecule has 0 unspecified atom stereocenters. The lowest BCUT2D eigenvalue weighted by Gasteiger charge is -2.47. The van der Waals surface area contributed by atoms with Crippen LogP contribution in [-0.4, -0.2) is 78.7 Å². The summed E-state index contributed by atoms with van der Waals surface area (Å²) in [5, 5.41) is 0. The molecule has 1 spiro atoms. The highest BCUT2D eigenvalue weighted by Gasteiger charge is 2.41. The Balaban J connectivity index is 1.64. The fourth-order valence-electron chi connectivity index (χ4n) is 4.03. The lowest BCUT2D eigenvalue weighted by molar-refractivity contribution is -0.130. The van der Waals surface area contributed by atoms with Gasteiger partial charge in [-0.3, -0.25) is 9.69 Å². The van der Waals surface area contributed by atoms with Crippen molar-refractivity contribution in [1.29, 1.82) is 0 Å². The second-order valence-electron chi connectivity index (χ2n) is 7.67. The van der Waals surface area contributed by atoms with Crippen molar-refractivity contribution in [2.24, 2.45) is 0 Å². The predicted octanol–water partition coefficient (Wildman–Crippen LogP) is 2.72. The van der Waals surface area contributed by atoms with E-state index in [4.69, 9.17) is 0 Å². The van der Waals surface area contributed by atoms with Crippen LogP contribution >= 0.6 is 11.8 Å². The minimum absolute atomic E-state index is 0.173. The van der Waals surface area contributed by atoms with E-state index in [1.807, 2.05) is 6.07 Å². The summed E-state index contributed by atoms with van der Waals surface area (Å²) in [6.45, 7) is 7.26. The van der Waals surface area contributed by atoms with Crippen LogP contribution in [0.3, 0.4) is 0 Å². The number of nitrogens with zero attached hydrogens (tertiary/aromatic N) is 3. The van der Waals surface area contributed by atoms with Gasteiger partial charge in [-0.15, -0.1) is 11.8 Å². The van der Waals surface area contributed by atoms with E-state index < -0.39 is 0 Å². The standard InChI is InChI=1S/C20H31N3OS/c1-17-7-4-5-8-18(17)25-15-19(24)23-12-6-11-22(3)20(16-23)9-13-21(2)14-10-20/h4-5,7-8H,6,9-16H2,1-3H3. The summed E-state index contributed by atoms with van der Waals surface area (Å²) in [6.07, 6.45) is 3.40. The monoisotopic (exact) mass is 361 g/mol. The maximum atomic E-state index is 12.9. The molecule has 0 bridgehead atoms. The molecule has 3 rings (SSSR count). The van der Waals surface area contributed by atoms with Crippen LogP contribution in [0.2, 0.25) is 0 Å². The molecule has 1 aromatic rings. The molecule has 0 atom stereocenters. The Kier molecular flexibility index (Phi) is 6.08. The smallest absolute Gasteiger partial charge is 0.232 e. The summed E-state index contributed by atoms with van der Waals surface area (Å²) in [5.41, 5.74) is 1.43. The van der Waals surface area contributed by atoms with E-state index in [-0.39, 0.29) is 5.54 Å². The van der Waals surface area contributed by atoms with E-state index in [1.54, 1.807) is 11.8 Å². The first-order chi connectivity index (χ1) is 12.0. The van der Waals surface area contributed by atoms with Crippen LogP contribution in [0.5, 0.6) is 0 Å².